The Morgan fingerprint density at radius 3 is 2.44 bits per heavy atom. The number of hydrogen-bond acceptors (Lipinski definition) is 2. The molecule has 1 saturated heterocycles. The first kappa shape index (κ1) is 15.3. The van der Waals surface area contributed by atoms with Gasteiger partial charge in [-0.25, -0.2) is 0 Å². The minimum absolute atomic E-state index is 0.0165. The minimum Gasteiger partial charge on any atom is -0.370 e. The summed E-state index contributed by atoms with van der Waals surface area (Å²) in [6.45, 7) is 14.0. The van der Waals surface area contributed by atoms with Gasteiger partial charge in [-0.1, -0.05) is 6.92 Å². The summed E-state index contributed by atoms with van der Waals surface area (Å²) in [5.41, 5.74) is 5.86. The molecule has 1 atom stereocenters. The number of likely N-dealkylation sites (tertiary alicyclic amines) is 1. The van der Waals surface area contributed by atoms with Crippen LogP contribution in [-0.4, -0.2) is 42.1 Å². The van der Waals surface area contributed by atoms with E-state index < -0.39 is 0 Å². The summed E-state index contributed by atoms with van der Waals surface area (Å²) in [4.78, 5) is 6.97. The van der Waals surface area contributed by atoms with Crippen LogP contribution < -0.4 is 11.1 Å². The van der Waals surface area contributed by atoms with Gasteiger partial charge in [0.15, 0.2) is 5.96 Å². The zero-order valence-electron chi connectivity index (χ0n) is 12.7. The Labute approximate surface area is 112 Å². The molecule has 0 aromatic heterocycles. The van der Waals surface area contributed by atoms with E-state index in [2.05, 4.69) is 49.8 Å². The van der Waals surface area contributed by atoms with Crippen molar-refractivity contribution in [3.05, 3.63) is 0 Å². The van der Waals surface area contributed by atoms with Gasteiger partial charge in [-0.05, 0) is 59.5 Å². The first-order chi connectivity index (χ1) is 8.28. The largest absolute Gasteiger partial charge is 0.370 e. The smallest absolute Gasteiger partial charge is 0.189 e. The molecule has 0 aliphatic carbocycles. The van der Waals surface area contributed by atoms with E-state index in [0.717, 1.165) is 12.5 Å². The maximum Gasteiger partial charge on any atom is 0.189 e. The average molecular weight is 254 g/mol. The van der Waals surface area contributed by atoms with Crippen molar-refractivity contribution >= 4 is 5.96 Å². The van der Waals surface area contributed by atoms with Gasteiger partial charge in [0, 0.05) is 11.6 Å². The fourth-order valence-corrected chi connectivity index (χ4v) is 2.24. The number of hydrogen-bond donors (Lipinski definition) is 2. The molecule has 0 aromatic rings. The van der Waals surface area contributed by atoms with Gasteiger partial charge in [0.05, 0.1) is 6.54 Å². The Balaban J connectivity index is 2.36. The Kier molecular flexibility index (Phi) is 5.45. The zero-order chi connectivity index (χ0) is 13.8. The van der Waals surface area contributed by atoms with Crippen LogP contribution in [0.5, 0.6) is 0 Å². The molecule has 0 aromatic carbocycles. The van der Waals surface area contributed by atoms with E-state index in [1.54, 1.807) is 0 Å². The highest BCUT2D eigenvalue weighted by molar-refractivity contribution is 5.78. The van der Waals surface area contributed by atoms with Crippen LogP contribution in [0.15, 0.2) is 4.99 Å². The maximum absolute atomic E-state index is 5.88. The number of nitrogens with zero attached hydrogens (tertiary/aromatic N) is 2. The number of rotatable bonds is 3. The molecule has 4 nitrogen and oxygen atoms in total. The Morgan fingerprint density at radius 1 is 1.39 bits per heavy atom. The highest BCUT2D eigenvalue weighted by Crippen LogP contribution is 2.17. The van der Waals surface area contributed by atoms with Gasteiger partial charge in [-0.2, -0.15) is 0 Å². The first-order valence-electron chi connectivity index (χ1n) is 7.10. The molecule has 4 heteroatoms. The summed E-state index contributed by atoms with van der Waals surface area (Å²) in [7, 11) is 0. The number of piperidine rings is 1. The summed E-state index contributed by atoms with van der Waals surface area (Å²) in [5, 5.41) is 3.19. The van der Waals surface area contributed by atoms with Crippen molar-refractivity contribution in [3.8, 4) is 0 Å². The van der Waals surface area contributed by atoms with Crippen LogP contribution in [0.25, 0.3) is 0 Å². The van der Waals surface area contributed by atoms with E-state index >= 15 is 0 Å². The fraction of sp³-hybridized carbons (Fsp3) is 0.929. The summed E-state index contributed by atoms with van der Waals surface area (Å²) >= 11 is 0. The molecule has 1 heterocycles. The Morgan fingerprint density at radius 2 is 1.94 bits per heavy atom. The molecule has 3 N–H and O–H groups in total. The van der Waals surface area contributed by atoms with Crippen LogP contribution in [0.3, 0.4) is 0 Å². The standard InChI is InChI=1S/C14H30N4/c1-11-6-8-18(9-7-11)12(2)10-16-13(15)17-14(3,4)5/h11-12H,6-10H2,1-5H3,(H3,15,16,17). The summed E-state index contributed by atoms with van der Waals surface area (Å²) in [5.74, 6) is 1.43. The molecule has 18 heavy (non-hydrogen) atoms. The van der Waals surface area contributed by atoms with Gasteiger partial charge in [-0.3, -0.25) is 9.89 Å². The van der Waals surface area contributed by atoms with Crippen LogP contribution in [0.1, 0.15) is 47.5 Å². The molecule has 1 aliphatic rings. The van der Waals surface area contributed by atoms with Crippen molar-refractivity contribution in [1.29, 1.82) is 0 Å². The molecule has 1 aliphatic heterocycles. The zero-order valence-corrected chi connectivity index (χ0v) is 12.7. The molecule has 106 valence electrons. The van der Waals surface area contributed by atoms with Gasteiger partial charge in [0.2, 0.25) is 0 Å². The molecule has 0 radical (unpaired) electrons. The lowest BCUT2D eigenvalue weighted by molar-refractivity contribution is 0.150. The summed E-state index contributed by atoms with van der Waals surface area (Å²) in [6, 6.07) is 0.484. The molecule has 1 rings (SSSR count). The van der Waals surface area contributed by atoms with Gasteiger partial charge in [-0.15, -0.1) is 0 Å². The average Bonchev–Trinajstić information content (AvgIpc) is 2.24. The predicted molar refractivity (Wildman–Crippen MR) is 78.8 cm³/mol. The molecular formula is C14H30N4. The van der Waals surface area contributed by atoms with Crippen molar-refractivity contribution in [1.82, 2.24) is 10.2 Å². The third-order valence-corrected chi connectivity index (χ3v) is 3.47. The second kappa shape index (κ2) is 6.41. The maximum atomic E-state index is 5.88. The normalized spacial score (nSPS) is 21.9. The molecule has 0 saturated carbocycles. The predicted octanol–water partition coefficient (Wildman–Crippen LogP) is 1.81. The second-order valence-electron chi connectivity index (χ2n) is 6.67. The molecular weight excluding hydrogens is 224 g/mol. The monoisotopic (exact) mass is 254 g/mol. The van der Waals surface area contributed by atoms with Crippen LogP contribution in [0.4, 0.5) is 0 Å². The fourth-order valence-electron chi connectivity index (χ4n) is 2.24. The van der Waals surface area contributed by atoms with Crippen LogP contribution in [0.2, 0.25) is 0 Å². The lowest BCUT2D eigenvalue weighted by Crippen LogP contribution is -2.46. The SMILES string of the molecule is CC1CCN(C(C)CN=C(N)NC(C)(C)C)CC1. The third kappa shape index (κ3) is 5.71. The van der Waals surface area contributed by atoms with Gasteiger partial charge < -0.3 is 11.1 Å². The van der Waals surface area contributed by atoms with Gasteiger partial charge >= 0.3 is 0 Å². The Hall–Kier alpha value is -0.770. The van der Waals surface area contributed by atoms with Crippen LogP contribution in [-0.2, 0) is 0 Å². The molecule has 1 unspecified atom stereocenters. The molecule has 0 bridgehead atoms. The molecule has 1 fully saturated rings. The molecule has 0 amide bonds. The van der Waals surface area contributed by atoms with Crippen LogP contribution >= 0.6 is 0 Å². The van der Waals surface area contributed by atoms with E-state index in [9.17, 15) is 0 Å². The lowest BCUT2D eigenvalue weighted by atomic mass is 9.98. The lowest BCUT2D eigenvalue weighted by Gasteiger charge is -2.34. The second-order valence-corrected chi connectivity index (χ2v) is 6.67. The van der Waals surface area contributed by atoms with Crippen molar-refractivity contribution in [2.24, 2.45) is 16.6 Å². The van der Waals surface area contributed by atoms with Crippen molar-refractivity contribution in [2.45, 2.75) is 59.0 Å². The number of guanidine groups is 1. The van der Waals surface area contributed by atoms with Crippen LogP contribution in [0, 0.1) is 5.92 Å². The third-order valence-electron chi connectivity index (χ3n) is 3.47. The highest BCUT2D eigenvalue weighted by Gasteiger charge is 2.20. The van der Waals surface area contributed by atoms with E-state index in [1.165, 1.54) is 25.9 Å². The number of nitrogens with one attached hydrogen (secondary N) is 1. The molecule has 0 spiro atoms. The van der Waals surface area contributed by atoms with Gasteiger partial charge in [0.25, 0.3) is 0 Å². The summed E-state index contributed by atoms with van der Waals surface area (Å²) in [6.07, 6.45) is 2.62. The highest BCUT2D eigenvalue weighted by atomic mass is 15.2. The minimum atomic E-state index is -0.0165. The summed E-state index contributed by atoms with van der Waals surface area (Å²) < 4.78 is 0. The van der Waals surface area contributed by atoms with E-state index in [-0.39, 0.29) is 5.54 Å². The number of aliphatic imine (C=N–C) groups is 1. The van der Waals surface area contributed by atoms with Crippen molar-refractivity contribution in [3.63, 3.8) is 0 Å². The Bertz CT molecular complexity index is 272. The first-order valence-corrected chi connectivity index (χ1v) is 7.10. The van der Waals surface area contributed by atoms with E-state index in [4.69, 9.17) is 5.73 Å². The van der Waals surface area contributed by atoms with Crippen molar-refractivity contribution in [2.75, 3.05) is 19.6 Å². The van der Waals surface area contributed by atoms with Crippen molar-refractivity contribution < 1.29 is 0 Å². The van der Waals surface area contributed by atoms with E-state index in [0.29, 0.717) is 12.0 Å². The van der Waals surface area contributed by atoms with E-state index in [1.807, 2.05) is 0 Å². The quantitative estimate of drug-likeness (QED) is 0.596. The van der Waals surface area contributed by atoms with Gasteiger partial charge in [0.1, 0.15) is 0 Å². The number of nitrogens with two attached hydrogens (primary N) is 1. The topological polar surface area (TPSA) is 53.6 Å².